The Hall–Kier alpha value is -2.44. The fourth-order valence-corrected chi connectivity index (χ4v) is 3.14. The number of thiazole rings is 1. The zero-order chi connectivity index (χ0) is 16.9. The van der Waals surface area contributed by atoms with Gasteiger partial charge >= 0.3 is 0 Å². The van der Waals surface area contributed by atoms with E-state index in [4.69, 9.17) is 4.74 Å². The Kier molecular flexibility index (Phi) is 5.08. The summed E-state index contributed by atoms with van der Waals surface area (Å²) < 4.78 is 18.2. The number of hydrogen-bond donors (Lipinski definition) is 2. The van der Waals surface area contributed by atoms with E-state index in [1.54, 1.807) is 19.2 Å². The lowest BCUT2D eigenvalue weighted by Gasteiger charge is -2.10. The largest absolute Gasteiger partial charge is 0.496 e. The molecule has 6 heteroatoms. The summed E-state index contributed by atoms with van der Waals surface area (Å²) in [5.41, 5.74) is 3.42. The highest BCUT2D eigenvalue weighted by Gasteiger charge is 2.07. The molecule has 0 saturated carbocycles. The van der Waals surface area contributed by atoms with Gasteiger partial charge in [-0.15, -0.1) is 11.3 Å². The molecule has 0 aliphatic rings. The minimum atomic E-state index is -0.253. The van der Waals surface area contributed by atoms with Crippen molar-refractivity contribution in [1.29, 1.82) is 0 Å². The number of ether oxygens (including phenoxy) is 1. The molecule has 1 heterocycles. The highest BCUT2D eigenvalue weighted by molar-refractivity contribution is 7.13. The quantitative estimate of drug-likeness (QED) is 0.708. The minimum Gasteiger partial charge on any atom is -0.496 e. The molecule has 0 atom stereocenters. The molecule has 124 valence electrons. The summed E-state index contributed by atoms with van der Waals surface area (Å²) >= 11 is 1.52. The third-order valence-corrected chi connectivity index (χ3v) is 4.51. The number of nitrogens with zero attached hydrogens (tertiary/aromatic N) is 1. The van der Waals surface area contributed by atoms with E-state index in [2.05, 4.69) is 10.3 Å². The van der Waals surface area contributed by atoms with Crippen LogP contribution in [0, 0.1) is 5.82 Å². The maximum atomic E-state index is 13.0. The van der Waals surface area contributed by atoms with Crippen molar-refractivity contribution in [2.45, 2.75) is 13.2 Å². The van der Waals surface area contributed by atoms with Crippen molar-refractivity contribution in [1.82, 2.24) is 4.98 Å². The number of aromatic nitrogens is 1. The smallest absolute Gasteiger partial charge is 0.124 e. The van der Waals surface area contributed by atoms with Crippen LogP contribution in [-0.2, 0) is 13.2 Å². The van der Waals surface area contributed by atoms with Gasteiger partial charge in [-0.3, -0.25) is 0 Å². The molecule has 2 N–H and O–H groups in total. The Morgan fingerprint density at radius 2 is 2.00 bits per heavy atom. The number of aliphatic hydroxyl groups is 1. The SMILES string of the molecule is COc1ccc(NCc2csc(-c3ccc(F)cc3)n2)cc1CO. The van der Waals surface area contributed by atoms with Gasteiger partial charge in [-0.25, -0.2) is 9.37 Å². The molecule has 4 nitrogen and oxygen atoms in total. The van der Waals surface area contributed by atoms with Crippen molar-refractivity contribution < 1.29 is 14.2 Å². The predicted molar refractivity (Wildman–Crippen MR) is 93.8 cm³/mol. The predicted octanol–water partition coefficient (Wildman–Crippen LogP) is 4.06. The molecule has 0 aliphatic heterocycles. The van der Waals surface area contributed by atoms with Crippen molar-refractivity contribution >= 4 is 17.0 Å². The van der Waals surface area contributed by atoms with E-state index in [1.165, 1.54) is 23.5 Å². The maximum absolute atomic E-state index is 13.0. The van der Waals surface area contributed by atoms with Crippen LogP contribution in [0.25, 0.3) is 10.6 Å². The first-order valence-electron chi connectivity index (χ1n) is 7.41. The van der Waals surface area contributed by atoms with Crippen molar-refractivity contribution in [3.63, 3.8) is 0 Å². The lowest BCUT2D eigenvalue weighted by atomic mass is 10.2. The minimum absolute atomic E-state index is 0.0793. The first-order chi connectivity index (χ1) is 11.7. The van der Waals surface area contributed by atoms with Gasteiger partial charge in [-0.05, 0) is 42.5 Å². The van der Waals surface area contributed by atoms with Crippen LogP contribution in [0.2, 0.25) is 0 Å². The fraction of sp³-hybridized carbons (Fsp3) is 0.167. The molecule has 0 radical (unpaired) electrons. The zero-order valence-electron chi connectivity index (χ0n) is 13.1. The average molecular weight is 344 g/mol. The third kappa shape index (κ3) is 3.72. The highest BCUT2D eigenvalue weighted by atomic mass is 32.1. The van der Waals surface area contributed by atoms with Crippen LogP contribution in [0.15, 0.2) is 47.8 Å². The summed E-state index contributed by atoms with van der Waals surface area (Å²) in [6.45, 7) is 0.485. The van der Waals surface area contributed by atoms with Crippen LogP contribution in [0.5, 0.6) is 5.75 Å². The zero-order valence-corrected chi connectivity index (χ0v) is 13.9. The Bertz CT molecular complexity index is 818. The lowest BCUT2D eigenvalue weighted by Crippen LogP contribution is -2.01. The molecule has 24 heavy (non-hydrogen) atoms. The first-order valence-corrected chi connectivity index (χ1v) is 8.29. The van der Waals surface area contributed by atoms with Crippen LogP contribution in [0.1, 0.15) is 11.3 Å². The molecule has 3 rings (SSSR count). The Balaban J connectivity index is 1.68. The van der Waals surface area contributed by atoms with Gasteiger partial charge in [-0.1, -0.05) is 0 Å². The lowest BCUT2D eigenvalue weighted by molar-refractivity contribution is 0.274. The molecule has 1 aromatic heterocycles. The second-order valence-electron chi connectivity index (χ2n) is 5.19. The molecule has 3 aromatic rings. The molecule has 0 aliphatic carbocycles. The summed E-state index contributed by atoms with van der Waals surface area (Å²) in [5, 5.41) is 15.5. The van der Waals surface area contributed by atoms with Gasteiger partial charge in [0, 0.05) is 22.2 Å². The van der Waals surface area contributed by atoms with Crippen LogP contribution >= 0.6 is 11.3 Å². The Morgan fingerprint density at radius 3 is 2.71 bits per heavy atom. The standard InChI is InChI=1S/C18H17FN2O2S/c1-23-17-7-6-15(8-13(17)10-22)20-9-16-11-24-18(21-16)12-2-4-14(19)5-3-12/h2-8,11,20,22H,9-10H2,1H3. The summed E-state index contributed by atoms with van der Waals surface area (Å²) in [7, 11) is 1.58. The van der Waals surface area contributed by atoms with Gasteiger partial charge in [0.2, 0.25) is 0 Å². The van der Waals surface area contributed by atoms with E-state index < -0.39 is 0 Å². The summed E-state index contributed by atoms with van der Waals surface area (Å²) in [6.07, 6.45) is 0. The summed E-state index contributed by atoms with van der Waals surface area (Å²) in [5.74, 6) is 0.409. The van der Waals surface area contributed by atoms with Gasteiger partial charge in [0.1, 0.15) is 16.6 Å². The number of rotatable bonds is 6. The summed E-state index contributed by atoms with van der Waals surface area (Å²) in [4.78, 5) is 4.56. The molecule has 0 unspecified atom stereocenters. The summed E-state index contributed by atoms with van der Waals surface area (Å²) in [6, 6.07) is 11.9. The monoisotopic (exact) mass is 344 g/mol. The van der Waals surface area contributed by atoms with E-state index in [-0.39, 0.29) is 12.4 Å². The van der Waals surface area contributed by atoms with E-state index in [1.807, 2.05) is 23.6 Å². The van der Waals surface area contributed by atoms with E-state index >= 15 is 0 Å². The molecular weight excluding hydrogens is 327 g/mol. The van der Waals surface area contributed by atoms with Gasteiger partial charge in [-0.2, -0.15) is 0 Å². The van der Waals surface area contributed by atoms with Crippen molar-refractivity contribution in [3.8, 4) is 16.3 Å². The van der Waals surface area contributed by atoms with Gasteiger partial charge in [0.25, 0.3) is 0 Å². The van der Waals surface area contributed by atoms with Crippen LogP contribution in [0.4, 0.5) is 10.1 Å². The number of aliphatic hydroxyl groups excluding tert-OH is 1. The molecule has 0 saturated heterocycles. The molecule has 0 amide bonds. The second-order valence-corrected chi connectivity index (χ2v) is 6.05. The maximum Gasteiger partial charge on any atom is 0.124 e. The molecular formula is C18H17FN2O2S. The Morgan fingerprint density at radius 1 is 1.21 bits per heavy atom. The highest BCUT2D eigenvalue weighted by Crippen LogP contribution is 2.25. The average Bonchev–Trinajstić information content (AvgIpc) is 3.09. The second kappa shape index (κ2) is 7.42. The van der Waals surface area contributed by atoms with Crippen molar-refractivity contribution in [3.05, 3.63) is 64.9 Å². The van der Waals surface area contributed by atoms with E-state index in [9.17, 15) is 9.50 Å². The molecule has 2 aromatic carbocycles. The third-order valence-electron chi connectivity index (χ3n) is 3.57. The van der Waals surface area contributed by atoms with Crippen LogP contribution in [0.3, 0.4) is 0 Å². The van der Waals surface area contributed by atoms with Gasteiger partial charge in [0.15, 0.2) is 0 Å². The van der Waals surface area contributed by atoms with Crippen molar-refractivity contribution in [2.24, 2.45) is 0 Å². The van der Waals surface area contributed by atoms with Crippen LogP contribution in [-0.4, -0.2) is 17.2 Å². The normalized spacial score (nSPS) is 10.6. The number of hydrogen-bond acceptors (Lipinski definition) is 5. The Labute approximate surface area is 143 Å². The number of benzene rings is 2. The molecule has 0 fully saturated rings. The first kappa shape index (κ1) is 16.4. The fourth-order valence-electron chi connectivity index (χ4n) is 2.32. The van der Waals surface area contributed by atoms with Crippen LogP contribution < -0.4 is 10.1 Å². The van der Waals surface area contributed by atoms with E-state index in [0.717, 1.165) is 27.5 Å². The molecule has 0 spiro atoms. The number of methoxy groups -OCH3 is 1. The topological polar surface area (TPSA) is 54.4 Å². The van der Waals surface area contributed by atoms with Gasteiger partial charge < -0.3 is 15.2 Å². The van der Waals surface area contributed by atoms with E-state index in [0.29, 0.717) is 12.3 Å². The number of halogens is 1. The molecule has 0 bridgehead atoms. The van der Waals surface area contributed by atoms with Gasteiger partial charge in [0.05, 0.1) is 26.0 Å². The number of nitrogens with one attached hydrogen (secondary N) is 1. The number of anilines is 1. The van der Waals surface area contributed by atoms with Crippen molar-refractivity contribution in [2.75, 3.05) is 12.4 Å².